The molecular weight excluding hydrogens is 218 g/mol. The molecule has 4 N–H and O–H groups in total. The highest BCUT2D eigenvalue weighted by Crippen LogP contribution is 2.25. The molecule has 0 bridgehead atoms. The number of methoxy groups -OCH3 is 1. The summed E-state index contributed by atoms with van der Waals surface area (Å²) in [7, 11) is 1.60. The first kappa shape index (κ1) is 11.1. The van der Waals surface area contributed by atoms with Gasteiger partial charge in [-0.25, -0.2) is 0 Å². The summed E-state index contributed by atoms with van der Waals surface area (Å²) in [5.74, 6) is 1.99. The number of ether oxygens (including phenoxy) is 2. The van der Waals surface area contributed by atoms with Crippen molar-refractivity contribution in [1.82, 2.24) is 4.98 Å². The van der Waals surface area contributed by atoms with Gasteiger partial charge in [-0.1, -0.05) is 6.07 Å². The largest absolute Gasteiger partial charge is 0.497 e. The van der Waals surface area contributed by atoms with Crippen molar-refractivity contribution in [3.05, 3.63) is 36.4 Å². The van der Waals surface area contributed by atoms with E-state index in [4.69, 9.17) is 20.9 Å². The van der Waals surface area contributed by atoms with Crippen molar-refractivity contribution in [2.24, 2.45) is 0 Å². The molecule has 0 aliphatic heterocycles. The highest BCUT2D eigenvalue weighted by molar-refractivity contribution is 5.58. The maximum absolute atomic E-state index is 5.59. The van der Waals surface area contributed by atoms with Crippen LogP contribution in [-0.4, -0.2) is 12.1 Å². The molecule has 0 saturated carbocycles. The summed E-state index contributed by atoms with van der Waals surface area (Å²) in [4.78, 5) is 4.01. The number of nitrogens with zero attached hydrogens (tertiary/aromatic N) is 1. The Hall–Kier alpha value is -2.43. The van der Waals surface area contributed by atoms with Crippen molar-refractivity contribution in [1.29, 1.82) is 0 Å². The second-order valence-corrected chi connectivity index (χ2v) is 3.41. The first-order chi connectivity index (χ1) is 8.19. The van der Waals surface area contributed by atoms with E-state index in [9.17, 15) is 0 Å². The molecule has 0 unspecified atom stereocenters. The fraction of sp³-hybridized carbons (Fsp3) is 0.0833. The van der Waals surface area contributed by atoms with Crippen LogP contribution in [0, 0.1) is 0 Å². The second kappa shape index (κ2) is 4.61. The molecular formula is C12H13N3O2. The third-order valence-corrected chi connectivity index (χ3v) is 2.20. The van der Waals surface area contributed by atoms with Crippen molar-refractivity contribution in [2.75, 3.05) is 18.6 Å². The number of aromatic nitrogens is 1. The van der Waals surface area contributed by atoms with Crippen LogP contribution in [0.1, 0.15) is 0 Å². The molecule has 0 radical (unpaired) electrons. The summed E-state index contributed by atoms with van der Waals surface area (Å²) in [6.07, 6.45) is 0. The van der Waals surface area contributed by atoms with Crippen molar-refractivity contribution < 1.29 is 9.47 Å². The Kier molecular flexibility index (Phi) is 3.00. The van der Waals surface area contributed by atoms with Crippen molar-refractivity contribution in [3.63, 3.8) is 0 Å². The summed E-state index contributed by atoms with van der Waals surface area (Å²) in [6, 6.07) is 10.5. The number of benzene rings is 1. The van der Waals surface area contributed by atoms with Crippen LogP contribution in [0.15, 0.2) is 36.4 Å². The van der Waals surface area contributed by atoms with E-state index in [1.165, 1.54) is 0 Å². The third-order valence-electron chi connectivity index (χ3n) is 2.20. The average molecular weight is 231 g/mol. The Morgan fingerprint density at radius 1 is 1.06 bits per heavy atom. The number of hydrogen-bond acceptors (Lipinski definition) is 5. The number of nitrogen functional groups attached to an aromatic ring is 2. The number of nitrogens with two attached hydrogens (primary N) is 2. The molecule has 0 atom stereocenters. The fourth-order valence-electron chi connectivity index (χ4n) is 1.31. The molecule has 2 rings (SSSR count). The molecule has 0 amide bonds. The van der Waals surface area contributed by atoms with E-state index in [0.29, 0.717) is 23.1 Å². The van der Waals surface area contributed by atoms with Crippen LogP contribution in [-0.2, 0) is 0 Å². The molecule has 0 aliphatic rings. The van der Waals surface area contributed by atoms with E-state index in [-0.39, 0.29) is 5.82 Å². The van der Waals surface area contributed by atoms with Crippen molar-refractivity contribution in [3.8, 4) is 17.4 Å². The number of pyridine rings is 1. The predicted octanol–water partition coefficient (Wildman–Crippen LogP) is 2.05. The summed E-state index contributed by atoms with van der Waals surface area (Å²) in [5.41, 5.74) is 11.6. The van der Waals surface area contributed by atoms with E-state index >= 15 is 0 Å². The molecule has 0 saturated heterocycles. The summed E-state index contributed by atoms with van der Waals surface area (Å²) in [5, 5.41) is 0. The van der Waals surface area contributed by atoms with Gasteiger partial charge in [0.1, 0.15) is 11.5 Å². The van der Waals surface area contributed by atoms with Crippen LogP contribution >= 0.6 is 0 Å². The van der Waals surface area contributed by atoms with Gasteiger partial charge in [0.05, 0.1) is 12.8 Å². The summed E-state index contributed by atoms with van der Waals surface area (Å²) < 4.78 is 10.6. The molecule has 0 spiro atoms. The van der Waals surface area contributed by atoms with Gasteiger partial charge in [0.25, 0.3) is 0 Å². The Morgan fingerprint density at radius 2 is 1.82 bits per heavy atom. The molecule has 0 aliphatic carbocycles. The smallest absolute Gasteiger partial charge is 0.221 e. The van der Waals surface area contributed by atoms with E-state index < -0.39 is 0 Å². The summed E-state index contributed by atoms with van der Waals surface area (Å²) in [6.45, 7) is 0. The van der Waals surface area contributed by atoms with Gasteiger partial charge in [-0.2, -0.15) is 4.98 Å². The quantitative estimate of drug-likeness (QED) is 0.844. The second-order valence-electron chi connectivity index (χ2n) is 3.41. The van der Waals surface area contributed by atoms with E-state index in [1.54, 1.807) is 31.4 Å². The maximum atomic E-state index is 5.59. The van der Waals surface area contributed by atoms with Crippen LogP contribution in [0.2, 0.25) is 0 Å². The molecule has 5 nitrogen and oxygen atoms in total. The van der Waals surface area contributed by atoms with Gasteiger partial charge in [0.15, 0.2) is 5.82 Å². The molecule has 1 heterocycles. The molecule has 0 fully saturated rings. The highest BCUT2D eigenvalue weighted by Gasteiger charge is 2.02. The Morgan fingerprint density at radius 3 is 2.53 bits per heavy atom. The lowest BCUT2D eigenvalue weighted by Gasteiger charge is -2.07. The zero-order chi connectivity index (χ0) is 12.3. The van der Waals surface area contributed by atoms with E-state index in [0.717, 1.165) is 0 Å². The van der Waals surface area contributed by atoms with Crippen LogP contribution < -0.4 is 20.9 Å². The van der Waals surface area contributed by atoms with Crippen molar-refractivity contribution in [2.45, 2.75) is 0 Å². The lowest BCUT2D eigenvalue weighted by Crippen LogP contribution is -1.98. The number of anilines is 2. The van der Waals surface area contributed by atoms with Crippen LogP contribution in [0.25, 0.3) is 0 Å². The highest BCUT2D eigenvalue weighted by atomic mass is 16.5. The molecule has 5 heteroatoms. The minimum absolute atomic E-state index is 0.255. The summed E-state index contributed by atoms with van der Waals surface area (Å²) >= 11 is 0. The fourth-order valence-corrected chi connectivity index (χ4v) is 1.31. The SMILES string of the molecule is COc1cccc(Oc2ccc(N)c(N)n2)c1. The van der Waals surface area contributed by atoms with Crippen LogP contribution in [0.5, 0.6) is 17.4 Å². The van der Waals surface area contributed by atoms with E-state index in [1.807, 2.05) is 12.1 Å². The third kappa shape index (κ3) is 2.57. The van der Waals surface area contributed by atoms with Gasteiger partial charge in [-0.3, -0.25) is 0 Å². The first-order valence-corrected chi connectivity index (χ1v) is 5.03. The number of rotatable bonds is 3. The van der Waals surface area contributed by atoms with Gasteiger partial charge < -0.3 is 20.9 Å². The van der Waals surface area contributed by atoms with Gasteiger partial charge >= 0.3 is 0 Å². The Bertz CT molecular complexity index is 529. The Labute approximate surface area is 99.0 Å². The average Bonchev–Trinajstić information content (AvgIpc) is 2.34. The molecule has 2 aromatic rings. The zero-order valence-corrected chi connectivity index (χ0v) is 9.38. The Balaban J connectivity index is 2.22. The van der Waals surface area contributed by atoms with Crippen LogP contribution in [0.4, 0.5) is 11.5 Å². The lowest BCUT2D eigenvalue weighted by atomic mass is 10.3. The molecule has 1 aromatic heterocycles. The molecule has 1 aromatic carbocycles. The van der Waals surface area contributed by atoms with Crippen LogP contribution in [0.3, 0.4) is 0 Å². The zero-order valence-electron chi connectivity index (χ0n) is 9.38. The maximum Gasteiger partial charge on any atom is 0.221 e. The number of hydrogen-bond donors (Lipinski definition) is 2. The molecule has 17 heavy (non-hydrogen) atoms. The topological polar surface area (TPSA) is 83.4 Å². The minimum atomic E-state index is 0.255. The van der Waals surface area contributed by atoms with Crippen molar-refractivity contribution >= 4 is 11.5 Å². The normalized spacial score (nSPS) is 9.94. The molecule has 88 valence electrons. The lowest BCUT2D eigenvalue weighted by molar-refractivity contribution is 0.407. The monoisotopic (exact) mass is 231 g/mol. The van der Waals surface area contributed by atoms with Gasteiger partial charge in [-0.05, 0) is 18.2 Å². The standard InChI is InChI=1S/C12H13N3O2/c1-16-8-3-2-4-9(7-8)17-11-6-5-10(13)12(14)15-11/h2-7H,13H2,1H3,(H2,14,15). The minimum Gasteiger partial charge on any atom is -0.497 e. The van der Waals surface area contributed by atoms with Gasteiger partial charge in [-0.15, -0.1) is 0 Å². The first-order valence-electron chi connectivity index (χ1n) is 5.03. The van der Waals surface area contributed by atoms with Gasteiger partial charge in [0.2, 0.25) is 5.88 Å². The predicted molar refractivity (Wildman–Crippen MR) is 66.1 cm³/mol. The van der Waals surface area contributed by atoms with Gasteiger partial charge in [0, 0.05) is 12.1 Å². The van der Waals surface area contributed by atoms with E-state index in [2.05, 4.69) is 4.98 Å².